The van der Waals surface area contributed by atoms with Crippen molar-refractivity contribution in [2.24, 2.45) is 5.41 Å². The first-order valence-corrected chi connectivity index (χ1v) is 6.30. The Labute approximate surface area is 103 Å². The van der Waals surface area contributed by atoms with Gasteiger partial charge in [-0.05, 0) is 50.8 Å². The Hall–Kier alpha value is -1.49. The van der Waals surface area contributed by atoms with Gasteiger partial charge in [0, 0.05) is 0 Å². The van der Waals surface area contributed by atoms with Crippen molar-refractivity contribution in [3.05, 3.63) is 29.8 Å². The maximum absolute atomic E-state index is 9.20. The second-order valence-corrected chi connectivity index (χ2v) is 5.23. The van der Waals surface area contributed by atoms with Crippen LogP contribution in [0.2, 0.25) is 0 Å². The second-order valence-electron chi connectivity index (χ2n) is 5.23. The summed E-state index contributed by atoms with van der Waals surface area (Å²) in [6.45, 7) is 4.04. The highest BCUT2D eigenvalue weighted by Crippen LogP contribution is 2.43. The van der Waals surface area contributed by atoms with Gasteiger partial charge < -0.3 is 4.74 Å². The van der Waals surface area contributed by atoms with Gasteiger partial charge in [0.05, 0.1) is 17.6 Å². The number of hydrogen-bond acceptors (Lipinski definition) is 2. The van der Waals surface area contributed by atoms with Crippen molar-refractivity contribution in [1.82, 2.24) is 0 Å². The van der Waals surface area contributed by atoms with E-state index in [1.807, 2.05) is 26.0 Å². The summed E-state index contributed by atoms with van der Waals surface area (Å²) in [5.41, 5.74) is 1.16. The highest BCUT2D eigenvalue weighted by atomic mass is 16.5. The van der Waals surface area contributed by atoms with Gasteiger partial charge in [-0.25, -0.2) is 0 Å². The maximum atomic E-state index is 9.20. The van der Waals surface area contributed by atoms with Gasteiger partial charge in [0.2, 0.25) is 0 Å². The standard InChI is InChI=1S/C15H19NO/c1-12(2)17-14-6-4-13(5-7-14)10-15(11-16)8-3-9-15/h4-7,12H,3,8-10H2,1-2H3. The molecule has 0 unspecified atom stereocenters. The van der Waals surface area contributed by atoms with E-state index in [4.69, 9.17) is 4.74 Å². The molecule has 0 bridgehead atoms. The van der Waals surface area contributed by atoms with Crippen LogP contribution in [0.25, 0.3) is 0 Å². The van der Waals surface area contributed by atoms with E-state index in [-0.39, 0.29) is 11.5 Å². The van der Waals surface area contributed by atoms with E-state index in [0.29, 0.717) is 0 Å². The zero-order valence-electron chi connectivity index (χ0n) is 10.6. The molecule has 1 aromatic carbocycles. The summed E-state index contributed by atoms with van der Waals surface area (Å²) in [5.74, 6) is 0.906. The predicted octanol–water partition coefficient (Wildman–Crippen LogP) is 3.71. The molecular formula is C15H19NO. The minimum Gasteiger partial charge on any atom is -0.491 e. The SMILES string of the molecule is CC(C)Oc1ccc(CC2(C#N)CCC2)cc1. The lowest BCUT2D eigenvalue weighted by Crippen LogP contribution is -2.29. The molecule has 1 saturated carbocycles. The first-order chi connectivity index (χ1) is 8.13. The first kappa shape index (κ1) is 12.0. The lowest BCUT2D eigenvalue weighted by atomic mass is 9.66. The lowest BCUT2D eigenvalue weighted by molar-refractivity contribution is 0.213. The molecule has 0 N–H and O–H groups in total. The Balaban J connectivity index is 2.01. The lowest BCUT2D eigenvalue weighted by Gasteiger charge is -2.35. The quantitative estimate of drug-likeness (QED) is 0.788. The fraction of sp³-hybridized carbons (Fsp3) is 0.533. The molecule has 1 aliphatic carbocycles. The average molecular weight is 229 g/mol. The molecule has 2 heteroatoms. The molecule has 0 saturated heterocycles. The summed E-state index contributed by atoms with van der Waals surface area (Å²) in [7, 11) is 0. The Morgan fingerprint density at radius 3 is 2.35 bits per heavy atom. The van der Waals surface area contributed by atoms with Crippen LogP contribution in [0.5, 0.6) is 5.75 Å². The largest absolute Gasteiger partial charge is 0.491 e. The van der Waals surface area contributed by atoms with E-state index >= 15 is 0 Å². The summed E-state index contributed by atoms with van der Waals surface area (Å²) in [4.78, 5) is 0. The third-order valence-electron chi connectivity index (χ3n) is 3.39. The van der Waals surface area contributed by atoms with E-state index in [1.165, 1.54) is 12.0 Å². The molecule has 0 aromatic heterocycles. The number of benzene rings is 1. The zero-order chi connectivity index (χ0) is 12.3. The molecule has 1 fully saturated rings. The third-order valence-corrected chi connectivity index (χ3v) is 3.39. The van der Waals surface area contributed by atoms with Crippen LogP contribution in [-0.2, 0) is 6.42 Å². The number of nitrogens with zero attached hydrogens (tertiary/aromatic N) is 1. The van der Waals surface area contributed by atoms with E-state index in [2.05, 4.69) is 18.2 Å². The van der Waals surface area contributed by atoms with Crippen LogP contribution in [-0.4, -0.2) is 6.10 Å². The highest BCUT2D eigenvalue weighted by molar-refractivity contribution is 5.29. The number of rotatable bonds is 4. The van der Waals surface area contributed by atoms with Crippen molar-refractivity contribution >= 4 is 0 Å². The van der Waals surface area contributed by atoms with Gasteiger partial charge in [0.25, 0.3) is 0 Å². The number of nitriles is 1. The Morgan fingerprint density at radius 1 is 1.29 bits per heavy atom. The predicted molar refractivity (Wildman–Crippen MR) is 67.8 cm³/mol. The third kappa shape index (κ3) is 2.79. The van der Waals surface area contributed by atoms with Crippen molar-refractivity contribution < 1.29 is 4.74 Å². The van der Waals surface area contributed by atoms with Crippen LogP contribution in [0.3, 0.4) is 0 Å². The van der Waals surface area contributed by atoms with Crippen molar-refractivity contribution in [3.8, 4) is 11.8 Å². The Kier molecular flexibility index (Phi) is 3.38. The monoisotopic (exact) mass is 229 g/mol. The van der Waals surface area contributed by atoms with E-state index in [0.717, 1.165) is 25.0 Å². The minimum atomic E-state index is -0.0829. The molecule has 90 valence electrons. The molecule has 2 nitrogen and oxygen atoms in total. The Bertz CT molecular complexity index is 410. The minimum absolute atomic E-state index is 0.0829. The van der Waals surface area contributed by atoms with Gasteiger partial charge >= 0.3 is 0 Å². The molecule has 0 spiro atoms. The van der Waals surface area contributed by atoms with Crippen LogP contribution in [0.1, 0.15) is 38.7 Å². The van der Waals surface area contributed by atoms with Crippen molar-refractivity contribution in [2.75, 3.05) is 0 Å². The topological polar surface area (TPSA) is 33.0 Å². The highest BCUT2D eigenvalue weighted by Gasteiger charge is 2.36. The summed E-state index contributed by atoms with van der Waals surface area (Å²) in [6, 6.07) is 10.6. The summed E-state index contributed by atoms with van der Waals surface area (Å²) < 4.78 is 5.60. The fourth-order valence-electron chi connectivity index (χ4n) is 2.28. The van der Waals surface area contributed by atoms with Gasteiger partial charge in [0.15, 0.2) is 0 Å². The summed E-state index contributed by atoms with van der Waals surface area (Å²) in [5, 5.41) is 9.20. The van der Waals surface area contributed by atoms with Gasteiger partial charge in [-0.15, -0.1) is 0 Å². The second kappa shape index (κ2) is 4.79. The molecule has 17 heavy (non-hydrogen) atoms. The molecule has 0 radical (unpaired) electrons. The molecule has 2 rings (SSSR count). The number of ether oxygens (including phenoxy) is 1. The number of hydrogen-bond donors (Lipinski definition) is 0. The average Bonchev–Trinajstić information content (AvgIpc) is 2.25. The van der Waals surface area contributed by atoms with Gasteiger partial charge in [-0.2, -0.15) is 5.26 Å². The molecule has 1 aromatic rings. The smallest absolute Gasteiger partial charge is 0.119 e. The van der Waals surface area contributed by atoms with Crippen molar-refractivity contribution in [3.63, 3.8) is 0 Å². The first-order valence-electron chi connectivity index (χ1n) is 6.30. The van der Waals surface area contributed by atoms with Crippen molar-refractivity contribution in [1.29, 1.82) is 5.26 Å². The molecule has 0 heterocycles. The molecule has 0 amide bonds. The van der Waals surface area contributed by atoms with Crippen LogP contribution in [0, 0.1) is 16.7 Å². The molecule has 1 aliphatic rings. The fourth-order valence-corrected chi connectivity index (χ4v) is 2.28. The van der Waals surface area contributed by atoms with Crippen LogP contribution in [0.4, 0.5) is 0 Å². The molecule has 0 atom stereocenters. The van der Waals surface area contributed by atoms with Gasteiger partial charge in [-0.1, -0.05) is 18.6 Å². The normalized spacial score (nSPS) is 17.3. The molecular weight excluding hydrogens is 210 g/mol. The van der Waals surface area contributed by atoms with E-state index in [1.54, 1.807) is 0 Å². The zero-order valence-corrected chi connectivity index (χ0v) is 10.6. The summed E-state index contributed by atoms with van der Waals surface area (Å²) in [6.07, 6.45) is 4.38. The van der Waals surface area contributed by atoms with Crippen molar-refractivity contribution in [2.45, 2.75) is 45.6 Å². The van der Waals surface area contributed by atoms with E-state index < -0.39 is 0 Å². The van der Waals surface area contributed by atoms with Crippen LogP contribution in [0.15, 0.2) is 24.3 Å². The maximum Gasteiger partial charge on any atom is 0.119 e. The van der Waals surface area contributed by atoms with Crippen LogP contribution < -0.4 is 4.74 Å². The summed E-state index contributed by atoms with van der Waals surface area (Å²) >= 11 is 0. The van der Waals surface area contributed by atoms with Crippen LogP contribution >= 0.6 is 0 Å². The van der Waals surface area contributed by atoms with Gasteiger partial charge in [0.1, 0.15) is 5.75 Å². The molecule has 0 aliphatic heterocycles. The van der Waals surface area contributed by atoms with E-state index in [9.17, 15) is 5.26 Å². The Morgan fingerprint density at radius 2 is 1.94 bits per heavy atom. The van der Waals surface area contributed by atoms with Gasteiger partial charge in [-0.3, -0.25) is 0 Å².